The Morgan fingerprint density at radius 2 is 2.31 bits per heavy atom. The van der Waals surface area contributed by atoms with E-state index < -0.39 is 0 Å². The van der Waals surface area contributed by atoms with Gasteiger partial charge in [0.2, 0.25) is 0 Å². The number of nitrogens with two attached hydrogens (primary N) is 1. The van der Waals surface area contributed by atoms with E-state index in [2.05, 4.69) is 27.0 Å². The van der Waals surface area contributed by atoms with E-state index in [9.17, 15) is 4.79 Å². The molecule has 0 saturated heterocycles. The van der Waals surface area contributed by atoms with Crippen molar-refractivity contribution in [2.75, 3.05) is 13.1 Å². The van der Waals surface area contributed by atoms with Gasteiger partial charge in [-0.25, -0.2) is 4.79 Å². The van der Waals surface area contributed by atoms with Gasteiger partial charge in [-0.05, 0) is 40.1 Å². The summed E-state index contributed by atoms with van der Waals surface area (Å²) in [5.74, 6) is 0. The molecule has 2 amide bonds. The summed E-state index contributed by atoms with van der Waals surface area (Å²) in [7, 11) is 0. The highest BCUT2D eigenvalue weighted by molar-refractivity contribution is 9.10. The van der Waals surface area contributed by atoms with Crippen molar-refractivity contribution in [3.8, 4) is 0 Å². The minimum atomic E-state index is -0.372. The summed E-state index contributed by atoms with van der Waals surface area (Å²) in [6, 6.07) is 3.50. The average Bonchev–Trinajstić information content (AvgIpc) is 2.30. The molecule has 0 spiro atoms. The standard InChI is InChI=1S/C11H12BrN3O/c12-9-3-4-10(14-6-9)8-2-1-5-15(7-8)11(13)16/h2-4,6H,1,5,7H2,(H2,13,16). The highest BCUT2D eigenvalue weighted by atomic mass is 79.9. The monoisotopic (exact) mass is 281 g/mol. The van der Waals surface area contributed by atoms with Crippen LogP contribution in [0.4, 0.5) is 4.79 Å². The molecule has 1 aromatic heterocycles. The van der Waals surface area contributed by atoms with Gasteiger partial charge in [0.1, 0.15) is 0 Å². The molecule has 84 valence electrons. The van der Waals surface area contributed by atoms with Crippen LogP contribution in [0.15, 0.2) is 28.9 Å². The number of hydrogen-bond acceptors (Lipinski definition) is 2. The lowest BCUT2D eigenvalue weighted by Gasteiger charge is -2.25. The van der Waals surface area contributed by atoms with Crippen molar-refractivity contribution in [1.82, 2.24) is 9.88 Å². The van der Waals surface area contributed by atoms with E-state index in [4.69, 9.17) is 5.73 Å². The molecule has 0 fully saturated rings. The fourth-order valence-corrected chi connectivity index (χ4v) is 1.92. The topological polar surface area (TPSA) is 59.2 Å². The molecule has 2 heterocycles. The van der Waals surface area contributed by atoms with E-state index in [0.717, 1.165) is 22.2 Å². The summed E-state index contributed by atoms with van der Waals surface area (Å²) >= 11 is 3.34. The van der Waals surface area contributed by atoms with Crippen LogP contribution in [0.3, 0.4) is 0 Å². The Kier molecular flexibility index (Phi) is 3.24. The second kappa shape index (κ2) is 4.65. The van der Waals surface area contributed by atoms with Crippen LogP contribution in [0, 0.1) is 0 Å². The zero-order valence-corrected chi connectivity index (χ0v) is 10.3. The minimum Gasteiger partial charge on any atom is -0.351 e. The first-order valence-electron chi connectivity index (χ1n) is 5.02. The Morgan fingerprint density at radius 3 is 2.94 bits per heavy atom. The van der Waals surface area contributed by atoms with E-state index in [-0.39, 0.29) is 6.03 Å². The largest absolute Gasteiger partial charge is 0.351 e. The molecular weight excluding hydrogens is 270 g/mol. The maximum absolute atomic E-state index is 11.1. The molecule has 5 heteroatoms. The lowest BCUT2D eigenvalue weighted by atomic mass is 10.1. The van der Waals surface area contributed by atoms with Crippen LogP contribution in [-0.2, 0) is 0 Å². The van der Waals surface area contributed by atoms with Gasteiger partial charge in [-0.1, -0.05) is 6.08 Å². The van der Waals surface area contributed by atoms with Crippen molar-refractivity contribution in [1.29, 1.82) is 0 Å². The van der Waals surface area contributed by atoms with E-state index in [1.807, 2.05) is 12.1 Å². The van der Waals surface area contributed by atoms with E-state index in [1.165, 1.54) is 0 Å². The van der Waals surface area contributed by atoms with Crippen molar-refractivity contribution < 1.29 is 4.79 Å². The molecule has 0 aromatic carbocycles. The fraction of sp³-hybridized carbons (Fsp3) is 0.273. The molecule has 0 aliphatic carbocycles. The predicted octanol–water partition coefficient (Wildman–Crippen LogP) is 2.01. The van der Waals surface area contributed by atoms with E-state index >= 15 is 0 Å². The zero-order chi connectivity index (χ0) is 11.5. The highest BCUT2D eigenvalue weighted by Crippen LogP contribution is 2.20. The molecule has 2 N–H and O–H groups in total. The number of urea groups is 1. The molecule has 0 saturated carbocycles. The Bertz CT molecular complexity index is 427. The molecule has 2 rings (SSSR count). The number of amides is 2. The average molecular weight is 282 g/mol. The molecule has 1 aliphatic rings. The van der Waals surface area contributed by atoms with E-state index in [0.29, 0.717) is 13.1 Å². The third-order valence-corrected chi connectivity index (χ3v) is 2.99. The zero-order valence-electron chi connectivity index (χ0n) is 8.69. The second-order valence-electron chi connectivity index (χ2n) is 3.64. The molecule has 1 aromatic rings. The lowest BCUT2D eigenvalue weighted by molar-refractivity contribution is 0.213. The Balaban J connectivity index is 2.18. The van der Waals surface area contributed by atoms with Crippen LogP contribution >= 0.6 is 15.9 Å². The lowest BCUT2D eigenvalue weighted by Crippen LogP contribution is -2.39. The van der Waals surface area contributed by atoms with Crippen LogP contribution in [0.5, 0.6) is 0 Å². The van der Waals surface area contributed by atoms with Crippen molar-refractivity contribution in [3.05, 3.63) is 34.6 Å². The summed E-state index contributed by atoms with van der Waals surface area (Å²) in [4.78, 5) is 17.0. The number of pyridine rings is 1. The first-order chi connectivity index (χ1) is 7.66. The number of aromatic nitrogens is 1. The number of primary amides is 1. The van der Waals surface area contributed by atoms with Gasteiger partial charge in [0.15, 0.2) is 0 Å². The van der Waals surface area contributed by atoms with Gasteiger partial charge in [-0.2, -0.15) is 0 Å². The van der Waals surface area contributed by atoms with Crippen LogP contribution in [-0.4, -0.2) is 29.0 Å². The molecule has 0 atom stereocenters. The number of nitrogens with zero attached hydrogens (tertiary/aromatic N) is 2. The Labute approximate surface area is 102 Å². The third kappa shape index (κ3) is 2.41. The van der Waals surface area contributed by atoms with Crippen LogP contribution in [0.25, 0.3) is 5.57 Å². The second-order valence-corrected chi connectivity index (χ2v) is 4.56. The Hall–Kier alpha value is -1.36. The summed E-state index contributed by atoms with van der Waals surface area (Å²) in [5.41, 5.74) is 7.21. The molecule has 0 unspecified atom stereocenters. The van der Waals surface area contributed by atoms with Gasteiger partial charge < -0.3 is 10.6 Å². The van der Waals surface area contributed by atoms with Gasteiger partial charge in [-0.15, -0.1) is 0 Å². The van der Waals surface area contributed by atoms with Gasteiger partial charge in [0.05, 0.1) is 5.69 Å². The summed E-state index contributed by atoms with van der Waals surface area (Å²) in [6.45, 7) is 1.24. The number of carbonyl (C=O) groups excluding carboxylic acids is 1. The van der Waals surface area contributed by atoms with Crippen molar-refractivity contribution >= 4 is 27.5 Å². The minimum absolute atomic E-state index is 0.372. The smallest absolute Gasteiger partial charge is 0.315 e. The first-order valence-corrected chi connectivity index (χ1v) is 5.81. The Morgan fingerprint density at radius 1 is 1.50 bits per heavy atom. The van der Waals surface area contributed by atoms with Crippen molar-refractivity contribution in [2.45, 2.75) is 6.42 Å². The maximum atomic E-state index is 11.1. The van der Waals surface area contributed by atoms with Gasteiger partial charge >= 0.3 is 6.03 Å². The van der Waals surface area contributed by atoms with Crippen LogP contribution in [0.2, 0.25) is 0 Å². The first kappa shape index (κ1) is 11.1. The summed E-state index contributed by atoms with van der Waals surface area (Å²) in [6.07, 6.45) is 4.69. The number of halogens is 1. The van der Waals surface area contributed by atoms with Gasteiger partial charge in [0, 0.05) is 23.8 Å². The quantitative estimate of drug-likeness (QED) is 0.856. The molecule has 0 radical (unpaired) electrons. The number of hydrogen-bond donors (Lipinski definition) is 1. The third-order valence-electron chi connectivity index (χ3n) is 2.52. The van der Waals surface area contributed by atoms with E-state index in [1.54, 1.807) is 11.1 Å². The number of rotatable bonds is 1. The molecule has 4 nitrogen and oxygen atoms in total. The van der Waals surface area contributed by atoms with Crippen LogP contribution in [0.1, 0.15) is 12.1 Å². The predicted molar refractivity (Wildman–Crippen MR) is 65.7 cm³/mol. The summed E-state index contributed by atoms with van der Waals surface area (Å²) < 4.78 is 0.944. The summed E-state index contributed by atoms with van der Waals surface area (Å²) in [5, 5.41) is 0. The van der Waals surface area contributed by atoms with Crippen molar-refractivity contribution in [2.24, 2.45) is 5.73 Å². The maximum Gasteiger partial charge on any atom is 0.315 e. The fourth-order valence-electron chi connectivity index (χ4n) is 1.68. The van der Waals surface area contributed by atoms with Gasteiger partial charge in [0.25, 0.3) is 0 Å². The SMILES string of the molecule is NC(=O)N1CCC=C(c2ccc(Br)cn2)C1. The van der Waals surface area contributed by atoms with Crippen LogP contribution < -0.4 is 5.73 Å². The molecule has 1 aliphatic heterocycles. The molecule has 16 heavy (non-hydrogen) atoms. The number of carbonyl (C=O) groups is 1. The highest BCUT2D eigenvalue weighted by Gasteiger charge is 2.16. The molecule has 0 bridgehead atoms. The normalized spacial score (nSPS) is 15.8. The van der Waals surface area contributed by atoms with Gasteiger partial charge in [-0.3, -0.25) is 4.98 Å². The molecular formula is C11H12BrN3O. The van der Waals surface area contributed by atoms with Crippen molar-refractivity contribution in [3.63, 3.8) is 0 Å².